The van der Waals surface area contributed by atoms with Crippen LogP contribution in [-0.2, 0) is 9.59 Å². The third-order valence-electron chi connectivity index (χ3n) is 9.14. The van der Waals surface area contributed by atoms with Crippen LogP contribution in [0.25, 0.3) is 0 Å². The van der Waals surface area contributed by atoms with Gasteiger partial charge < -0.3 is 20.8 Å². The number of nitrogens with one attached hydrogen (secondary N) is 2. The summed E-state index contributed by atoms with van der Waals surface area (Å²) in [6.45, 7) is 26.1. The molecule has 0 atom stereocenters. The summed E-state index contributed by atoms with van der Waals surface area (Å²) < 4.78 is 0. The van der Waals surface area contributed by atoms with E-state index in [-0.39, 0.29) is 0 Å². The van der Waals surface area contributed by atoms with E-state index in [0.717, 1.165) is 0 Å². The Morgan fingerprint density at radius 2 is 0.587 bits per heavy atom. The van der Waals surface area contributed by atoms with E-state index in [9.17, 15) is 9.59 Å². The summed E-state index contributed by atoms with van der Waals surface area (Å²) in [4.78, 5) is 19.1. The number of aliphatic carboxylic acids is 2. The van der Waals surface area contributed by atoms with Crippen molar-refractivity contribution >= 4 is 34.7 Å². The second-order valence-corrected chi connectivity index (χ2v) is 12.0. The summed E-state index contributed by atoms with van der Waals surface area (Å²) in [5.74, 6) is -2.51. The molecule has 0 spiro atoms. The summed E-state index contributed by atoms with van der Waals surface area (Å²) in [7, 11) is 0. The van der Waals surface area contributed by atoms with Gasteiger partial charge in [-0.25, -0.2) is 9.59 Å². The second-order valence-electron chi connectivity index (χ2n) is 12.0. The number of aryl methyl sites for hydroxylation is 4. The van der Waals surface area contributed by atoms with E-state index in [2.05, 4.69) is 142 Å². The van der Waals surface area contributed by atoms with E-state index in [1.807, 2.05) is 0 Å². The minimum Gasteiger partial charge on any atom is -0.478 e. The van der Waals surface area contributed by atoms with Gasteiger partial charge in [-0.1, -0.05) is 24.3 Å². The average molecular weight is 623 g/mol. The number of anilines is 4. The van der Waals surface area contributed by atoms with E-state index in [1.165, 1.54) is 89.5 Å². The molecule has 46 heavy (non-hydrogen) atoms. The van der Waals surface area contributed by atoms with Gasteiger partial charge in [-0.05, 0) is 174 Å². The van der Waals surface area contributed by atoms with Gasteiger partial charge in [0.2, 0.25) is 0 Å². The van der Waals surface area contributed by atoms with E-state index in [4.69, 9.17) is 10.2 Å². The van der Waals surface area contributed by atoms with Gasteiger partial charge in [0.15, 0.2) is 0 Å². The van der Waals surface area contributed by atoms with Crippen molar-refractivity contribution < 1.29 is 19.8 Å². The van der Waals surface area contributed by atoms with Crippen molar-refractivity contribution in [1.29, 1.82) is 0 Å². The maximum absolute atomic E-state index is 9.55. The summed E-state index contributed by atoms with van der Waals surface area (Å²) in [6, 6.07) is 17.4. The van der Waals surface area contributed by atoms with Gasteiger partial charge >= 0.3 is 11.9 Å². The molecule has 4 aromatic carbocycles. The van der Waals surface area contributed by atoms with Crippen LogP contribution in [0.4, 0.5) is 22.7 Å². The zero-order chi connectivity index (χ0) is 34.9. The Morgan fingerprint density at radius 3 is 0.761 bits per heavy atom. The number of hydrogen-bond donors (Lipinski definition) is 4. The van der Waals surface area contributed by atoms with Crippen molar-refractivity contribution in [2.75, 3.05) is 10.6 Å². The van der Waals surface area contributed by atoms with Gasteiger partial charge in [-0.3, -0.25) is 0 Å². The van der Waals surface area contributed by atoms with Crippen LogP contribution in [0.3, 0.4) is 0 Å². The molecular weight excluding hydrogens is 572 g/mol. The number of carboxylic acid groups (broad SMARTS) is 2. The fourth-order valence-corrected chi connectivity index (χ4v) is 4.80. The largest absolute Gasteiger partial charge is 0.478 e. The molecule has 4 N–H and O–H groups in total. The molecule has 6 nitrogen and oxygen atoms in total. The lowest BCUT2D eigenvalue weighted by Crippen LogP contribution is -2.00. The lowest BCUT2D eigenvalue weighted by Gasteiger charge is -2.17. The molecular formula is C40H50N2O4. The fourth-order valence-electron chi connectivity index (χ4n) is 4.80. The summed E-state index contributed by atoms with van der Waals surface area (Å²) in [5, 5.41) is 22.8. The highest BCUT2D eigenvalue weighted by molar-refractivity contribution is 5.89. The lowest BCUT2D eigenvalue weighted by molar-refractivity contribution is -0.134. The number of carboxylic acids is 2. The molecule has 244 valence electrons. The Labute approximate surface area is 275 Å². The number of hydrogen-bond acceptors (Lipinski definition) is 4. The topological polar surface area (TPSA) is 98.7 Å². The average Bonchev–Trinajstić information content (AvgIpc) is 3.01. The number of rotatable bonds is 6. The maximum Gasteiger partial charge on any atom is 0.328 e. The summed E-state index contributed by atoms with van der Waals surface area (Å²) >= 11 is 0. The van der Waals surface area contributed by atoms with Gasteiger partial charge in [0.1, 0.15) is 0 Å². The third-order valence-corrected chi connectivity index (χ3v) is 9.14. The Bertz CT molecular complexity index is 1530. The number of benzene rings is 4. The predicted molar refractivity (Wildman–Crippen MR) is 194 cm³/mol. The first-order chi connectivity index (χ1) is 21.5. The van der Waals surface area contributed by atoms with Crippen LogP contribution in [0.5, 0.6) is 0 Å². The van der Waals surface area contributed by atoms with Gasteiger partial charge in [-0.15, -0.1) is 0 Å². The molecule has 4 rings (SSSR count). The Morgan fingerprint density at radius 1 is 0.391 bits per heavy atom. The van der Waals surface area contributed by atoms with E-state index in [0.29, 0.717) is 12.2 Å². The molecule has 0 unspecified atom stereocenters. The van der Waals surface area contributed by atoms with Crippen LogP contribution in [0.15, 0.2) is 60.7 Å². The van der Waals surface area contributed by atoms with Crippen LogP contribution < -0.4 is 10.6 Å². The zero-order valence-electron chi connectivity index (χ0n) is 29.5. The first-order valence-electron chi connectivity index (χ1n) is 15.4. The SMILES string of the molecule is Cc1ccc(Nc2ccc(C)c(C)c2C)c(C)c1C.Cc1ccc(Nc2ccc(C)c(C)c2C)c(C)c1C.O=C(O)/C=C\C(=O)O. The van der Waals surface area contributed by atoms with Gasteiger partial charge in [0, 0.05) is 34.9 Å². The van der Waals surface area contributed by atoms with Crippen molar-refractivity contribution in [1.82, 2.24) is 0 Å². The summed E-state index contributed by atoms with van der Waals surface area (Å²) in [6.07, 6.45) is 1.12. The van der Waals surface area contributed by atoms with Crippen LogP contribution in [0, 0.1) is 83.1 Å². The molecule has 0 bridgehead atoms. The van der Waals surface area contributed by atoms with E-state index in [1.54, 1.807) is 0 Å². The molecule has 0 aliphatic heterocycles. The molecule has 0 aliphatic carbocycles. The monoisotopic (exact) mass is 622 g/mol. The Balaban J connectivity index is 0.000000261. The normalized spacial score (nSPS) is 10.4. The molecule has 0 aromatic heterocycles. The highest BCUT2D eigenvalue weighted by Crippen LogP contribution is 2.30. The molecule has 0 saturated carbocycles. The van der Waals surface area contributed by atoms with Crippen LogP contribution in [-0.4, -0.2) is 22.2 Å². The maximum atomic E-state index is 9.55. The summed E-state index contributed by atoms with van der Waals surface area (Å²) in [5.41, 5.74) is 21.0. The van der Waals surface area contributed by atoms with E-state index >= 15 is 0 Å². The Hall–Kier alpha value is -4.84. The first-order valence-corrected chi connectivity index (χ1v) is 15.4. The van der Waals surface area contributed by atoms with Gasteiger partial charge in [0.25, 0.3) is 0 Å². The predicted octanol–water partition coefficient (Wildman–Crippen LogP) is 10.3. The molecule has 0 heterocycles. The Kier molecular flexibility index (Phi) is 13.4. The molecule has 0 fully saturated rings. The lowest BCUT2D eigenvalue weighted by atomic mass is 10.0. The highest BCUT2D eigenvalue weighted by atomic mass is 16.4. The van der Waals surface area contributed by atoms with Crippen molar-refractivity contribution in [2.24, 2.45) is 0 Å². The quantitative estimate of drug-likeness (QED) is 0.160. The first kappa shape index (κ1) is 37.3. The van der Waals surface area contributed by atoms with Crippen LogP contribution >= 0.6 is 0 Å². The van der Waals surface area contributed by atoms with Gasteiger partial charge in [-0.2, -0.15) is 0 Å². The van der Waals surface area contributed by atoms with Crippen LogP contribution in [0.2, 0.25) is 0 Å². The minimum atomic E-state index is -1.26. The van der Waals surface area contributed by atoms with Crippen molar-refractivity contribution in [3.05, 3.63) is 127 Å². The molecule has 6 heteroatoms. The smallest absolute Gasteiger partial charge is 0.328 e. The number of carbonyl (C=O) groups is 2. The van der Waals surface area contributed by atoms with Crippen molar-refractivity contribution in [3.63, 3.8) is 0 Å². The fraction of sp³-hybridized carbons (Fsp3) is 0.300. The molecule has 4 aromatic rings. The molecule has 0 amide bonds. The molecule has 0 saturated heterocycles. The van der Waals surface area contributed by atoms with Gasteiger partial charge in [0.05, 0.1) is 0 Å². The van der Waals surface area contributed by atoms with Crippen LogP contribution in [0.1, 0.15) is 66.8 Å². The zero-order valence-corrected chi connectivity index (χ0v) is 29.5. The minimum absolute atomic E-state index is 0.558. The standard InChI is InChI=1S/2C18H23N.C4H4O4/c2*1-11-7-9-17(15(5)13(11)3)19-18-10-8-12(2)14(4)16(18)6;5-3(6)1-2-4(7)8/h2*7-10,19H,1-6H3;1-2H,(H,5,6)(H,7,8)/b;;2-1-. The van der Waals surface area contributed by atoms with Crippen molar-refractivity contribution in [2.45, 2.75) is 83.1 Å². The molecule has 0 radical (unpaired) electrons. The third kappa shape index (κ3) is 9.83. The molecule has 0 aliphatic rings. The highest BCUT2D eigenvalue weighted by Gasteiger charge is 2.09. The van der Waals surface area contributed by atoms with Crippen molar-refractivity contribution in [3.8, 4) is 0 Å². The second kappa shape index (κ2) is 16.5. The van der Waals surface area contributed by atoms with E-state index < -0.39 is 11.9 Å².